The molecule has 0 spiro atoms. The van der Waals surface area contributed by atoms with Crippen LogP contribution in [0.4, 0.5) is 0 Å². The highest BCUT2D eigenvalue weighted by atomic mass is 32.2. The van der Waals surface area contributed by atoms with Gasteiger partial charge in [-0.05, 0) is 37.5 Å². The van der Waals surface area contributed by atoms with E-state index in [4.69, 9.17) is 10.2 Å². The molecule has 0 radical (unpaired) electrons. The third-order valence-corrected chi connectivity index (χ3v) is 3.95. The van der Waals surface area contributed by atoms with Crippen LogP contribution in [0.1, 0.15) is 17.5 Å². The number of aryl methyl sites for hydroxylation is 1. The molecule has 0 aliphatic carbocycles. The largest absolute Gasteiger partial charge is 0.463 e. The van der Waals surface area contributed by atoms with Gasteiger partial charge in [-0.1, -0.05) is 11.6 Å². The number of hydrazone groups is 1. The highest BCUT2D eigenvalue weighted by Crippen LogP contribution is 2.12. The van der Waals surface area contributed by atoms with Crippen molar-refractivity contribution in [2.75, 3.05) is 12.0 Å². The standard InChI is InChI=1S/C16H19N3O3S/c1-10-3-4-14-12(7-10)15(20)11(9-22-14)8-18-19-16(21)13(17)5-6-23-2/h3-4,7-9,13H,5-6,17H2,1-2H3,(H,19,21)/b18-8+/t13-/m0/s1. The van der Waals surface area contributed by atoms with Crippen LogP contribution in [0.3, 0.4) is 0 Å². The topological polar surface area (TPSA) is 97.7 Å². The number of fused-ring (bicyclic) bond motifs is 1. The summed E-state index contributed by atoms with van der Waals surface area (Å²) in [6.45, 7) is 1.90. The average Bonchev–Trinajstić information content (AvgIpc) is 2.55. The van der Waals surface area contributed by atoms with E-state index in [1.807, 2.05) is 19.2 Å². The zero-order chi connectivity index (χ0) is 16.8. The Morgan fingerprint density at radius 3 is 3.04 bits per heavy atom. The molecule has 7 heteroatoms. The lowest BCUT2D eigenvalue weighted by Crippen LogP contribution is -2.38. The number of thioether (sulfide) groups is 1. The number of carbonyl (C=O) groups excluding carboxylic acids is 1. The minimum Gasteiger partial charge on any atom is -0.463 e. The van der Waals surface area contributed by atoms with E-state index in [9.17, 15) is 9.59 Å². The van der Waals surface area contributed by atoms with Crippen LogP contribution in [0.25, 0.3) is 11.0 Å². The van der Waals surface area contributed by atoms with Crippen LogP contribution < -0.4 is 16.6 Å². The van der Waals surface area contributed by atoms with Gasteiger partial charge in [-0.2, -0.15) is 16.9 Å². The Bertz CT molecular complexity index is 786. The van der Waals surface area contributed by atoms with Crippen LogP contribution in [0.2, 0.25) is 0 Å². The number of nitrogens with one attached hydrogen (secondary N) is 1. The number of hydrogen-bond donors (Lipinski definition) is 2. The number of hydrogen-bond acceptors (Lipinski definition) is 6. The average molecular weight is 333 g/mol. The molecule has 3 N–H and O–H groups in total. The highest BCUT2D eigenvalue weighted by molar-refractivity contribution is 7.98. The minimum atomic E-state index is -0.615. The highest BCUT2D eigenvalue weighted by Gasteiger charge is 2.11. The van der Waals surface area contributed by atoms with Crippen molar-refractivity contribution in [3.05, 3.63) is 45.8 Å². The summed E-state index contributed by atoms with van der Waals surface area (Å²) in [7, 11) is 0. The van der Waals surface area contributed by atoms with Gasteiger partial charge in [0.05, 0.1) is 23.2 Å². The summed E-state index contributed by atoms with van der Waals surface area (Å²) in [4.78, 5) is 24.1. The number of nitrogens with zero attached hydrogens (tertiary/aromatic N) is 1. The molecule has 1 aromatic carbocycles. The van der Waals surface area contributed by atoms with E-state index < -0.39 is 6.04 Å². The van der Waals surface area contributed by atoms with Gasteiger partial charge in [-0.25, -0.2) is 5.43 Å². The summed E-state index contributed by atoms with van der Waals surface area (Å²) in [5.41, 5.74) is 9.62. The molecule has 0 bridgehead atoms. The maximum absolute atomic E-state index is 12.3. The summed E-state index contributed by atoms with van der Waals surface area (Å²) in [5.74, 6) is 0.419. The molecular formula is C16H19N3O3S. The van der Waals surface area contributed by atoms with Crippen molar-refractivity contribution < 1.29 is 9.21 Å². The molecule has 0 fully saturated rings. The molecule has 0 saturated heterocycles. The predicted octanol–water partition coefficient (Wildman–Crippen LogP) is 1.63. The first kappa shape index (κ1) is 17.2. The number of nitrogens with two attached hydrogens (primary N) is 1. The molecular weight excluding hydrogens is 314 g/mol. The monoisotopic (exact) mass is 333 g/mol. The van der Waals surface area contributed by atoms with Crippen molar-refractivity contribution in [1.82, 2.24) is 5.43 Å². The molecule has 1 heterocycles. The zero-order valence-corrected chi connectivity index (χ0v) is 13.9. The molecule has 23 heavy (non-hydrogen) atoms. The fraction of sp³-hybridized carbons (Fsp3) is 0.312. The summed E-state index contributed by atoms with van der Waals surface area (Å²) < 4.78 is 5.41. The second kappa shape index (κ2) is 7.94. The SMILES string of the molecule is CSCC[C@H](N)C(=O)N/N=C/c1coc2ccc(C)cc2c1=O. The normalized spacial score (nSPS) is 12.7. The maximum atomic E-state index is 12.3. The van der Waals surface area contributed by atoms with Crippen molar-refractivity contribution in [3.63, 3.8) is 0 Å². The van der Waals surface area contributed by atoms with Gasteiger partial charge in [-0.15, -0.1) is 0 Å². The second-order valence-electron chi connectivity index (χ2n) is 5.14. The van der Waals surface area contributed by atoms with E-state index >= 15 is 0 Å². The molecule has 1 aromatic heterocycles. The van der Waals surface area contributed by atoms with E-state index in [2.05, 4.69) is 10.5 Å². The lowest BCUT2D eigenvalue weighted by Gasteiger charge is -2.07. The van der Waals surface area contributed by atoms with Crippen LogP contribution in [-0.4, -0.2) is 30.2 Å². The van der Waals surface area contributed by atoms with Gasteiger partial charge in [0.25, 0.3) is 5.91 Å². The van der Waals surface area contributed by atoms with E-state index in [0.29, 0.717) is 17.4 Å². The van der Waals surface area contributed by atoms with Gasteiger partial charge in [0, 0.05) is 0 Å². The summed E-state index contributed by atoms with van der Waals surface area (Å²) in [6, 6.07) is 4.76. The van der Waals surface area contributed by atoms with Gasteiger partial charge in [0.15, 0.2) is 0 Å². The van der Waals surface area contributed by atoms with E-state index in [1.165, 1.54) is 12.5 Å². The fourth-order valence-electron chi connectivity index (χ4n) is 1.97. The van der Waals surface area contributed by atoms with Crippen molar-refractivity contribution in [2.24, 2.45) is 10.8 Å². The van der Waals surface area contributed by atoms with Crippen molar-refractivity contribution in [1.29, 1.82) is 0 Å². The molecule has 2 rings (SSSR count). The first-order valence-electron chi connectivity index (χ1n) is 7.12. The Hall–Kier alpha value is -2.12. The molecule has 0 aliphatic rings. The van der Waals surface area contributed by atoms with Gasteiger partial charge >= 0.3 is 0 Å². The third kappa shape index (κ3) is 4.43. The van der Waals surface area contributed by atoms with E-state index in [0.717, 1.165) is 11.3 Å². The summed E-state index contributed by atoms with van der Waals surface area (Å²) >= 11 is 1.62. The molecule has 6 nitrogen and oxygen atoms in total. The fourth-order valence-corrected chi connectivity index (χ4v) is 2.46. The van der Waals surface area contributed by atoms with E-state index in [-0.39, 0.29) is 16.9 Å². The Morgan fingerprint density at radius 2 is 2.30 bits per heavy atom. The zero-order valence-electron chi connectivity index (χ0n) is 13.0. The Morgan fingerprint density at radius 1 is 1.52 bits per heavy atom. The van der Waals surface area contributed by atoms with Crippen LogP contribution in [0.5, 0.6) is 0 Å². The molecule has 0 unspecified atom stereocenters. The molecule has 0 aliphatic heterocycles. The van der Waals surface area contributed by atoms with Crippen molar-refractivity contribution >= 4 is 34.9 Å². The van der Waals surface area contributed by atoms with Gasteiger partial charge in [0.2, 0.25) is 5.43 Å². The third-order valence-electron chi connectivity index (χ3n) is 3.30. The van der Waals surface area contributed by atoms with Crippen molar-refractivity contribution in [3.8, 4) is 0 Å². The number of rotatable bonds is 6. The number of carbonyl (C=O) groups is 1. The first-order chi connectivity index (χ1) is 11.0. The van der Waals surface area contributed by atoms with Gasteiger partial charge < -0.3 is 10.2 Å². The number of amides is 1. The predicted molar refractivity (Wildman–Crippen MR) is 93.9 cm³/mol. The van der Waals surface area contributed by atoms with Crippen LogP contribution >= 0.6 is 11.8 Å². The van der Waals surface area contributed by atoms with Crippen LogP contribution in [0, 0.1) is 6.92 Å². The summed E-state index contributed by atoms with van der Waals surface area (Å²) in [5, 5.41) is 4.27. The second-order valence-corrected chi connectivity index (χ2v) is 6.13. The number of benzene rings is 1. The first-order valence-corrected chi connectivity index (χ1v) is 8.52. The van der Waals surface area contributed by atoms with Gasteiger partial charge in [-0.3, -0.25) is 9.59 Å². The molecule has 122 valence electrons. The van der Waals surface area contributed by atoms with E-state index in [1.54, 1.807) is 23.9 Å². The lowest BCUT2D eigenvalue weighted by molar-refractivity contribution is -0.122. The lowest BCUT2D eigenvalue weighted by atomic mass is 10.1. The molecule has 2 aromatic rings. The minimum absolute atomic E-state index is 0.195. The van der Waals surface area contributed by atoms with Crippen LogP contribution in [0.15, 0.2) is 38.8 Å². The van der Waals surface area contributed by atoms with Gasteiger partial charge in [0.1, 0.15) is 11.8 Å². The maximum Gasteiger partial charge on any atom is 0.256 e. The molecule has 1 amide bonds. The Balaban J connectivity index is 2.11. The van der Waals surface area contributed by atoms with Crippen LogP contribution in [-0.2, 0) is 4.79 Å². The quantitative estimate of drug-likeness (QED) is 0.618. The molecule has 1 atom stereocenters. The summed E-state index contributed by atoms with van der Waals surface area (Å²) in [6.07, 6.45) is 5.11. The smallest absolute Gasteiger partial charge is 0.256 e. The Kier molecular flexibility index (Phi) is 5.95. The molecule has 0 saturated carbocycles. The Labute approximate surface area is 138 Å². The van der Waals surface area contributed by atoms with Crippen molar-refractivity contribution in [2.45, 2.75) is 19.4 Å².